The van der Waals surface area contributed by atoms with Crippen molar-refractivity contribution in [1.82, 2.24) is 4.90 Å². The number of aryl methyl sites for hydroxylation is 2. The van der Waals surface area contributed by atoms with Crippen molar-refractivity contribution in [3.63, 3.8) is 0 Å². The number of methoxy groups -OCH3 is 1. The van der Waals surface area contributed by atoms with E-state index in [1.54, 1.807) is 7.11 Å². The molecule has 1 fully saturated rings. The summed E-state index contributed by atoms with van der Waals surface area (Å²) in [6.07, 6.45) is 2.42. The third-order valence-corrected chi connectivity index (χ3v) is 4.87. The summed E-state index contributed by atoms with van der Waals surface area (Å²) in [6.45, 7) is 7.87. The third kappa shape index (κ3) is 4.51. The molecule has 128 valence electrons. The van der Waals surface area contributed by atoms with Crippen LogP contribution in [0.3, 0.4) is 0 Å². The molecule has 0 N–H and O–H groups in total. The van der Waals surface area contributed by atoms with Gasteiger partial charge in [0.15, 0.2) is 0 Å². The molecule has 0 spiro atoms. The predicted octanol–water partition coefficient (Wildman–Crippen LogP) is 3.76. The van der Waals surface area contributed by atoms with Crippen molar-refractivity contribution in [1.29, 1.82) is 0 Å². The van der Waals surface area contributed by atoms with E-state index >= 15 is 0 Å². The Kier molecular flexibility index (Phi) is 5.76. The summed E-state index contributed by atoms with van der Waals surface area (Å²) in [5.74, 6) is 0.925. The summed E-state index contributed by atoms with van der Waals surface area (Å²) in [5, 5.41) is 0. The maximum Gasteiger partial charge on any atom is 0.119 e. The number of nitrogens with zero attached hydrogens (tertiary/aromatic N) is 2. The van der Waals surface area contributed by atoms with Crippen LogP contribution in [0.1, 0.15) is 17.5 Å². The van der Waals surface area contributed by atoms with Crippen molar-refractivity contribution >= 4 is 5.69 Å². The van der Waals surface area contributed by atoms with Gasteiger partial charge in [0.1, 0.15) is 5.75 Å². The van der Waals surface area contributed by atoms with Gasteiger partial charge < -0.3 is 9.64 Å². The van der Waals surface area contributed by atoms with Crippen LogP contribution in [0.5, 0.6) is 5.75 Å². The van der Waals surface area contributed by atoms with Crippen molar-refractivity contribution in [2.24, 2.45) is 0 Å². The Labute approximate surface area is 145 Å². The Bertz CT molecular complexity index is 613. The van der Waals surface area contributed by atoms with E-state index in [4.69, 9.17) is 4.74 Å². The second kappa shape index (κ2) is 8.20. The van der Waals surface area contributed by atoms with Gasteiger partial charge in [0, 0.05) is 31.9 Å². The Morgan fingerprint density at radius 3 is 2.17 bits per heavy atom. The lowest BCUT2D eigenvalue weighted by molar-refractivity contribution is 0.255. The Morgan fingerprint density at radius 1 is 0.875 bits per heavy atom. The molecule has 0 aromatic heterocycles. The summed E-state index contributed by atoms with van der Waals surface area (Å²) < 4.78 is 5.23. The normalized spacial score (nSPS) is 15.5. The van der Waals surface area contributed by atoms with E-state index in [9.17, 15) is 0 Å². The Hall–Kier alpha value is -2.00. The standard InChI is InChI=1S/C21H28N2O/c1-18-5-7-19(8-6-18)4-3-13-22-14-16-23(17-15-22)20-9-11-21(24-2)12-10-20/h5-12H,3-4,13-17H2,1-2H3. The van der Waals surface area contributed by atoms with Crippen molar-refractivity contribution in [2.75, 3.05) is 44.7 Å². The molecule has 0 unspecified atom stereocenters. The van der Waals surface area contributed by atoms with Crippen LogP contribution in [0, 0.1) is 6.92 Å². The molecule has 0 amide bonds. The van der Waals surface area contributed by atoms with E-state index in [2.05, 4.69) is 53.1 Å². The third-order valence-electron chi connectivity index (χ3n) is 4.87. The largest absolute Gasteiger partial charge is 0.497 e. The smallest absolute Gasteiger partial charge is 0.119 e. The van der Waals surface area contributed by atoms with Gasteiger partial charge in [0.05, 0.1) is 7.11 Å². The molecule has 0 atom stereocenters. The van der Waals surface area contributed by atoms with Crippen molar-refractivity contribution < 1.29 is 4.74 Å². The molecule has 0 radical (unpaired) electrons. The van der Waals surface area contributed by atoms with Crippen LogP contribution in [-0.4, -0.2) is 44.7 Å². The van der Waals surface area contributed by atoms with Crippen molar-refractivity contribution in [3.8, 4) is 5.75 Å². The first-order valence-electron chi connectivity index (χ1n) is 8.91. The maximum atomic E-state index is 5.23. The lowest BCUT2D eigenvalue weighted by Gasteiger charge is -2.36. The topological polar surface area (TPSA) is 15.7 Å². The van der Waals surface area contributed by atoms with Gasteiger partial charge in [0.25, 0.3) is 0 Å². The van der Waals surface area contributed by atoms with Gasteiger partial charge in [-0.15, -0.1) is 0 Å². The molecule has 2 aromatic carbocycles. The highest BCUT2D eigenvalue weighted by molar-refractivity contribution is 5.49. The van der Waals surface area contributed by atoms with Crippen LogP contribution in [0.25, 0.3) is 0 Å². The average Bonchev–Trinajstić information content (AvgIpc) is 2.64. The minimum Gasteiger partial charge on any atom is -0.497 e. The maximum absolute atomic E-state index is 5.23. The molecule has 3 rings (SSSR count). The zero-order valence-corrected chi connectivity index (χ0v) is 14.9. The van der Waals surface area contributed by atoms with E-state index in [1.807, 2.05) is 12.1 Å². The molecular weight excluding hydrogens is 296 g/mol. The monoisotopic (exact) mass is 324 g/mol. The van der Waals surface area contributed by atoms with Gasteiger partial charge in [-0.3, -0.25) is 4.90 Å². The first-order chi connectivity index (χ1) is 11.7. The van der Waals surface area contributed by atoms with E-state index in [0.717, 1.165) is 31.9 Å². The first kappa shape index (κ1) is 16.8. The van der Waals surface area contributed by atoms with Crippen LogP contribution in [-0.2, 0) is 6.42 Å². The number of hydrogen-bond donors (Lipinski definition) is 0. The van der Waals surface area contributed by atoms with Crippen LogP contribution < -0.4 is 9.64 Å². The number of benzene rings is 2. The minimum atomic E-state index is 0.925. The molecule has 2 aromatic rings. The molecule has 1 aliphatic heterocycles. The number of piperazine rings is 1. The summed E-state index contributed by atoms with van der Waals surface area (Å²) in [5.41, 5.74) is 4.10. The van der Waals surface area contributed by atoms with Gasteiger partial charge in [-0.05, 0) is 56.1 Å². The number of rotatable bonds is 6. The molecule has 0 saturated carbocycles. The summed E-state index contributed by atoms with van der Waals surface area (Å²) >= 11 is 0. The van der Waals surface area contributed by atoms with E-state index in [1.165, 1.54) is 36.2 Å². The van der Waals surface area contributed by atoms with E-state index in [-0.39, 0.29) is 0 Å². The quantitative estimate of drug-likeness (QED) is 0.805. The molecule has 1 heterocycles. The summed E-state index contributed by atoms with van der Waals surface area (Å²) in [4.78, 5) is 5.06. The fraction of sp³-hybridized carbons (Fsp3) is 0.429. The highest BCUT2D eigenvalue weighted by Crippen LogP contribution is 2.20. The number of hydrogen-bond acceptors (Lipinski definition) is 3. The van der Waals surface area contributed by atoms with Gasteiger partial charge in [-0.2, -0.15) is 0 Å². The number of anilines is 1. The summed E-state index contributed by atoms with van der Waals surface area (Å²) in [6, 6.07) is 17.4. The molecule has 0 aliphatic carbocycles. The Balaban J connectivity index is 1.40. The van der Waals surface area contributed by atoms with E-state index < -0.39 is 0 Å². The minimum absolute atomic E-state index is 0.925. The predicted molar refractivity (Wildman–Crippen MR) is 101 cm³/mol. The lowest BCUT2D eigenvalue weighted by Crippen LogP contribution is -2.46. The molecule has 24 heavy (non-hydrogen) atoms. The molecule has 0 bridgehead atoms. The van der Waals surface area contributed by atoms with Crippen LogP contribution in [0.4, 0.5) is 5.69 Å². The SMILES string of the molecule is COc1ccc(N2CCN(CCCc3ccc(C)cc3)CC2)cc1. The highest BCUT2D eigenvalue weighted by Gasteiger charge is 2.16. The molecule has 1 saturated heterocycles. The van der Waals surface area contributed by atoms with Crippen LogP contribution in [0.15, 0.2) is 48.5 Å². The van der Waals surface area contributed by atoms with Crippen LogP contribution >= 0.6 is 0 Å². The fourth-order valence-corrected chi connectivity index (χ4v) is 3.28. The van der Waals surface area contributed by atoms with Crippen LogP contribution in [0.2, 0.25) is 0 Å². The van der Waals surface area contributed by atoms with Gasteiger partial charge in [-0.25, -0.2) is 0 Å². The molecule has 3 heteroatoms. The van der Waals surface area contributed by atoms with Gasteiger partial charge >= 0.3 is 0 Å². The van der Waals surface area contributed by atoms with E-state index in [0.29, 0.717) is 0 Å². The second-order valence-corrected chi connectivity index (χ2v) is 6.62. The fourth-order valence-electron chi connectivity index (χ4n) is 3.28. The second-order valence-electron chi connectivity index (χ2n) is 6.62. The number of ether oxygens (including phenoxy) is 1. The zero-order valence-electron chi connectivity index (χ0n) is 14.9. The van der Waals surface area contributed by atoms with Gasteiger partial charge in [-0.1, -0.05) is 29.8 Å². The molecular formula is C21H28N2O. The molecule has 3 nitrogen and oxygen atoms in total. The van der Waals surface area contributed by atoms with Gasteiger partial charge in [0.2, 0.25) is 0 Å². The van der Waals surface area contributed by atoms with Crippen molar-refractivity contribution in [3.05, 3.63) is 59.7 Å². The lowest BCUT2D eigenvalue weighted by atomic mass is 10.1. The highest BCUT2D eigenvalue weighted by atomic mass is 16.5. The first-order valence-corrected chi connectivity index (χ1v) is 8.91. The molecule has 1 aliphatic rings. The summed E-state index contributed by atoms with van der Waals surface area (Å²) in [7, 11) is 1.71. The van der Waals surface area contributed by atoms with Crippen molar-refractivity contribution in [2.45, 2.75) is 19.8 Å². The Morgan fingerprint density at radius 2 is 1.54 bits per heavy atom. The average molecular weight is 324 g/mol. The zero-order chi connectivity index (χ0) is 16.8.